The van der Waals surface area contributed by atoms with E-state index >= 15 is 0 Å². The fourth-order valence-corrected chi connectivity index (χ4v) is 3.60. The Kier molecular flexibility index (Phi) is 4.03. The Hall–Kier alpha value is -1.91. The van der Waals surface area contributed by atoms with E-state index in [0.717, 1.165) is 10.9 Å². The topological polar surface area (TPSA) is 119 Å². The minimum absolute atomic E-state index is 0.0969. The van der Waals surface area contributed by atoms with Gasteiger partial charge < -0.3 is 5.11 Å². The van der Waals surface area contributed by atoms with Crippen LogP contribution in [-0.4, -0.2) is 39.1 Å². The highest BCUT2D eigenvalue weighted by Gasteiger charge is 2.31. The number of nitrogens with one attached hydrogen (secondary N) is 1. The largest absolute Gasteiger partial charge is 0.480 e. The summed E-state index contributed by atoms with van der Waals surface area (Å²) in [5.74, 6) is -1.36. The van der Waals surface area contributed by atoms with Crippen molar-refractivity contribution in [2.24, 2.45) is 14.1 Å². The van der Waals surface area contributed by atoms with Gasteiger partial charge in [0, 0.05) is 25.9 Å². The Morgan fingerprint density at radius 3 is 2.48 bits per heavy atom. The SMILES string of the molecule is Cn1cc(C(NS(=O)(=O)c2c(Cl)cnn2C)C(=O)O)cn1. The molecule has 2 aromatic rings. The molecule has 1 atom stereocenters. The molecule has 0 aliphatic carbocycles. The van der Waals surface area contributed by atoms with Gasteiger partial charge in [0.15, 0.2) is 5.03 Å². The number of hydrogen-bond donors (Lipinski definition) is 2. The third-order valence-electron chi connectivity index (χ3n) is 2.68. The minimum Gasteiger partial charge on any atom is -0.480 e. The van der Waals surface area contributed by atoms with Gasteiger partial charge in [-0.3, -0.25) is 14.2 Å². The van der Waals surface area contributed by atoms with Gasteiger partial charge >= 0.3 is 5.97 Å². The summed E-state index contributed by atoms with van der Waals surface area (Å²) in [5.41, 5.74) is 0.201. The highest BCUT2D eigenvalue weighted by Crippen LogP contribution is 2.22. The maximum Gasteiger partial charge on any atom is 0.326 e. The zero-order chi connectivity index (χ0) is 15.8. The molecular formula is C10H12ClN5O4S. The van der Waals surface area contributed by atoms with Gasteiger partial charge in [0.2, 0.25) is 0 Å². The molecule has 0 amide bonds. The number of aromatic nitrogens is 4. The molecule has 0 spiro atoms. The second-order valence-corrected chi connectivity index (χ2v) is 6.30. The molecular weight excluding hydrogens is 322 g/mol. The molecule has 2 aromatic heterocycles. The molecule has 21 heavy (non-hydrogen) atoms. The fraction of sp³-hybridized carbons (Fsp3) is 0.300. The normalized spacial score (nSPS) is 13.3. The predicted octanol–water partition coefficient (Wildman–Crippen LogP) is -0.0888. The van der Waals surface area contributed by atoms with Crippen LogP contribution in [0, 0.1) is 0 Å². The molecule has 2 N–H and O–H groups in total. The molecule has 11 heteroatoms. The van der Waals surface area contributed by atoms with E-state index in [4.69, 9.17) is 11.6 Å². The third-order valence-corrected chi connectivity index (χ3v) is 4.60. The molecule has 0 saturated heterocycles. The van der Waals surface area contributed by atoms with Crippen molar-refractivity contribution in [3.05, 3.63) is 29.2 Å². The van der Waals surface area contributed by atoms with Gasteiger partial charge in [-0.1, -0.05) is 11.6 Å². The van der Waals surface area contributed by atoms with Crippen molar-refractivity contribution in [3.8, 4) is 0 Å². The average Bonchev–Trinajstić information content (AvgIpc) is 2.93. The Morgan fingerprint density at radius 2 is 2.05 bits per heavy atom. The number of nitrogens with zero attached hydrogens (tertiary/aromatic N) is 4. The minimum atomic E-state index is -4.16. The first kappa shape index (κ1) is 15.5. The number of carboxylic acids is 1. The summed E-state index contributed by atoms with van der Waals surface area (Å²) in [6.45, 7) is 0. The Balaban J connectivity index is 2.39. The molecule has 0 fully saturated rings. The van der Waals surface area contributed by atoms with Crippen molar-refractivity contribution in [1.29, 1.82) is 0 Å². The van der Waals surface area contributed by atoms with Crippen molar-refractivity contribution in [1.82, 2.24) is 24.3 Å². The molecule has 0 aromatic carbocycles. The molecule has 0 aliphatic rings. The number of halogens is 1. The summed E-state index contributed by atoms with van der Waals surface area (Å²) in [4.78, 5) is 11.3. The van der Waals surface area contributed by atoms with Crippen LogP contribution < -0.4 is 4.72 Å². The lowest BCUT2D eigenvalue weighted by molar-refractivity contribution is -0.139. The number of aryl methyl sites for hydroxylation is 2. The van der Waals surface area contributed by atoms with Gasteiger partial charge in [-0.25, -0.2) is 8.42 Å². The molecule has 2 rings (SSSR count). The number of rotatable bonds is 5. The lowest BCUT2D eigenvalue weighted by atomic mass is 10.2. The zero-order valence-electron chi connectivity index (χ0n) is 11.1. The fourth-order valence-electron chi connectivity index (χ4n) is 1.76. The van der Waals surface area contributed by atoms with Crippen LogP contribution in [0.15, 0.2) is 23.6 Å². The molecule has 2 heterocycles. The van der Waals surface area contributed by atoms with Gasteiger partial charge in [0.05, 0.1) is 17.4 Å². The monoisotopic (exact) mass is 333 g/mol. The summed E-state index contributed by atoms with van der Waals surface area (Å²) in [6, 6.07) is -1.48. The van der Waals surface area contributed by atoms with Gasteiger partial charge in [0.25, 0.3) is 10.0 Å². The van der Waals surface area contributed by atoms with Gasteiger partial charge in [-0.05, 0) is 0 Å². The maximum atomic E-state index is 12.3. The van der Waals surface area contributed by atoms with E-state index in [1.54, 1.807) is 7.05 Å². The summed E-state index contributed by atoms with van der Waals surface area (Å²) in [5, 5.41) is 16.3. The summed E-state index contributed by atoms with van der Waals surface area (Å²) < 4.78 is 29.1. The highest BCUT2D eigenvalue weighted by atomic mass is 35.5. The van der Waals surface area contributed by atoms with E-state index in [0.29, 0.717) is 0 Å². The van der Waals surface area contributed by atoms with Crippen molar-refractivity contribution in [2.75, 3.05) is 0 Å². The Labute approximate surface area is 125 Å². The number of carbonyl (C=O) groups is 1. The predicted molar refractivity (Wildman–Crippen MR) is 72.1 cm³/mol. The van der Waals surface area contributed by atoms with Gasteiger partial charge in [-0.2, -0.15) is 14.9 Å². The summed E-state index contributed by atoms with van der Waals surface area (Å²) >= 11 is 5.78. The van der Waals surface area contributed by atoms with Crippen LogP contribution in [0.25, 0.3) is 0 Å². The maximum absolute atomic E-state index is 12.3. The van der Waals surface area contributed by atoms with E-state index in [-0.39, 0.29) is 15.6 Å². The first-order valence-corrected chi connectivity index (χ1v) is 7.49. The Morgan fingerprint density at radius 1 is 1.38 bits per heavy atom. The molecule has 114 valence electrons. The highest BCUT2D eigenvalue weighted by molar-refractivity contribution is 7.89. The van der Waals surface area contributed by atoms with Gasteiger partial charge in [0.1, 0.15) is 6.04 Å². The lowest BCUT2D eigenvalue weighted by Crippen LogP contribution is -2.34. The van der Waals surface area contributed by atoms with Crippen molar-refractivity contribution >= 4 is 27.6 Å². The summed E-state index contributed by atoms with van der Waals surface area (Å²) in [7, 11) is -1.18. The van der Waals surface area contributed by atoms with E-state index in [1.807, 2.05) is 0 Å². The number of hydrogen-bond acceptors (Lipinski definition) is 5. The lowest BCUT2D eigenvalue weighted by Gasteiger charge is -2.13. The quantitative estimate of drug-likeness (QED) is 0.789. The van der Waals surface area contributed by atoms with Crippen molar-refractivity contribution < 1.29 is 18.3 Å². The molecule has 0 saturated carbocycles. The number of sulfonamides is 1. The standard InChI is InChI=1S/C10H12ClN5O4S/c1-15-5-6(3-12-15)8(10(17)18)14-21(19,20)9-7(11)4-13-16(9)2/h3-5,8,14H,1-2H3,(H,17,18). The van der Waals surface area contributed by atoms with Crippen LogP contribution >= 0.6 is 11.6 Å². The smallest absolute Gasteiger partial charge is 0.326 e. The first-order chi connectivity index (χ1) is 9.72. The number of aliphatic carboxylic acids is 1. The second-order valence-electron chi connectivity index (χ2n) is 4.26. The second kappa shape index (κ2) is 5.47. The molecule has 0 bridgehead atoms. The summed E-state index contributed by atoms with van der Waals surface area (Å²) in [6.07, 6.45) is 3.84. The van der Waals surface area contributed by atoms with Crippen LogP contribution in [0.4, 0.5) is 0 Å². The van der Waals surface area contributed by atoms with Crippen molar-refractivity contribution in [3.63, 3.8) is 0 Å². The molecule has 0 aliphatic heterocycles. The Bertz CT molecular complexity index is 762. The van der Waals surface area contributed by atoms with Crippen LogP contribution in [0.5, 0.6) is 0 Å². The molecule has 9 nitrogen and oxygen atoms in total. The van der Waals surface area contributed by atoms with Crippen LogP contribution in [-0.2, 0) is 28.9 Å². The van der Waals surface area contributed by atoms with Gasteiger partial charge in [-0.15, -0.1) is 0 Å². The third kappa shape index (κ3) is 3.06. The van der Waals surface area contributed by atoms with E-state index in [2.05, 4.69) is 14.9 Å². The van der Waals surface area contributed by atoms with E-state index in [1.165, 1.54) is 24.1 Å². The molecule has 1 unspecified atom stereocenters. The van der Waals surface area contributed by atoms with Crippen molar-refractivity contribution in [2.45, 2.75) is 11.1 Å². The van der Waals surface area contributed by atoms with E-state index < -0.39 is 22.0 Å². The first-order valence-electron chi connectivity index (χ1n) is 5.63. The van der Waals surface area contributed by atoms with Crippen LogP contribution in [0.3, 0.4) is 0 Å². The van der Waals surface area contributed by atoms with Crippen LogP contribution in [0.2, 0.25) is 5.02 Å². The average molecular weight is 334 g/mol. The van der Waals surface area contributed by atoms with Crippen LogP contribution in [0.1, 0.15) is 11.6 Å². The zero-order valence-corrected chi connectivity index (χ0v) is 12.6. The molecule has 0 radical (unpaired) electrons. The van der Waals surface area contributed by atoms with E-state index in [9.17, 15) is 18.3 Å². The number of carboxylic acid groups (broad SMARTS) is 1.